The van der Waals surface area contributed by atoms with E-state index in [4.69, 9.17) is 24.3 Å². The second-order valence-electron chi connectivity index (χ2n) is 22.0. The molecule has 4 fully saturated rings. The van der Waals surface area contributed by atoms with Crippen molar-refractivity contribution in [3.63, 3.8) is 0 Å². The minimum Gasteiger partial charge on any atom is -0.508 e. The molecule has 390 valence electrons. The zero-order valence-electron chi connectivity index (χ0n) is 44.6. The van der Waals surface area contributed by atoms with E-state index >= 15 is 0 Å². The van der Waals surface area contributed by atoms with Gasteiger partial charge in [0.25, 0.3) is 0 Å². The Hall–Kier alpha value is -6.31. The Labute approximate surface area is 434 Å². The SMILES string of the molecule is C=O.CC(C)(C)c1ccc(C(O)=Cc2ccc(O)cc2)cc1.COC(=O)CCC(C)C1CCC2C3C(OC(C)=O)CC4CC(OC)CCC4(C)C3CCC12C.N#CC(C=O)=C(c1ccccc1)c1ccccc1. The Morgan fingerprint density at radius 1 is 0.808 bits per heavy atom. The lowest BCUT2D eigenvalue weighted by molar-refractivity contribution is -0.195. The van der Waals surface area contributed by atoms with Crippen molar-refractivity contribution in [2.45, 2.75) is 130 Å². The zero-order valence-corrected chi connectivity index (χ0v) is 44.6. The van der Waals surface area contributed by atoms with Gasteiger partial charge in [-0.2, -0.15) is 5.26 Å². The highest BCUT2D eigenvalue weighted by Crippen LogP contribution is 2.69. The van der Waals surface area contributed by atoms with Gasteiger partial charge in [-0.1, -0.05) is 139 Å². The minimum atomic E-state index is -0.130. The van der Waals surface area contributed by atoms with E-state index in [0.29, 0.717) is 65.3 Å². The molecule has 4 aromatic rings. The van der Waals surface area contributed by atoms with Gasteiger partial charge in [0, 0.05) is 37.5 Å². The Morgan fingerprint density at radius 2 is 1.38 bits per heavy atom. The molecule has 4 aromatic carbocycles. The topological polar surface area (TPSA) is 160 Å². The second kappa shape index (κ2) is 26.1. The van der Waals surface area contributed by atoms with E-state index in [2.05, 4.69) is 41.5 Å². The quantitative estimate of drug-likeness (QED) is 0.0370. The highest BCUT2D eigenvalue weighted by Gasteiger charge is 2.63. The number of aliphatic hydroxyl groups is 1. The van der Waals surface area contributed by atoms with Gasteiger partial charge in [-0.05, 0) is 144 Å². The molecular weight excluding hydrogens is 915 g/mol. The first-order valence-corrected chi connectivity index (χ1v) is 25.9. The number of aldehydes is 1. The van der Waals surface area contributed by atoms with Gasteiger partial charge in [0.2, 0.25) is 0 Å². The van der Waals surface area contributed by atoms with Crippen molar-refractivity contribution < 1.29 is 43.6 Å². The highest BCUT2D eigenvalue weighted by atomic mass is 16.5. The summed E-state index contributed by atoms with van der Waals surface area (Å²) in [5.74, 6) is 3.60. The summed E-state index contributed by atoms with van der Waals surface area (Å²) < 4.78 is 16.8. The summed E-state index contributed by atoms with van der Waals surface area (Å²) in [6.45, 7) is 17.5. The minimum absolute atomic E-state index is 0.0370. The number of carbonyl (C=O) groups excluding carboxylic acids is 4. The number of ether oxygens (including phenoxy) is 3. The van der Waals surface area contributed by atoms with Crippen molar-refractivity contribution in [3.05, 3.63) is 143 Å². The highest BCUT2D eigenvalue weighted by molar-refractivity contribution is 5.98. The number of methoxy groups -OCH3 is 2. The molecule has 2 N–H and O–H groups in total. The van der Waals surface area contributed by atoms with Gasteiger partial charge in [-0.15, -0.1) is 0 Å². The van der Waals surface area contributed by atoms with Crippen molar-refractivity contribution in [2.24, 2.45) is 46.3 Å². The number of esters is 2. The number of carbonyl (C=O) groups is 4. The number of fused-ring (bicyclic) bond motifs is 5. The largest absolute Gasteiger partial charge is 0.508 e. The van der Waals surface area contributed by atoms with Gasteiger partial charge in [0.15, 0.2) is 6.29 Å². The molecule has 0 aromatic heterocycles. The predicted molar refractivity (Wildman–Crippen MR) is 289 cm³/mol. The number of aromatic hydroxyl groups is 1. The number of hydrogen-bond acceptors (Lipinski definition) is 10. The Kier molecular flexibility index (Phi) is 20.6. The third-order valence-electron chi connectivity index (χ3n) is 16.9. The summed E-state index contributed by atoms with van der Waals surface area (Å²) in [6.07, 6.45) is 13.5. The molecule has 10 heteroatoms. The van der Waals surface area contributed by atoms with Gasteiger partial charge in [0.1, 0.15) is 36.0 Å². The molecule has 4 aliphatic carbocycles. The smallest absolute Gasteiger partial charge is 0.305 e. The molecule has 0 heterocycles. The normalized spacial score (nSPS) is 26.2. The van der Waals surface area contributed by atoms with Crippen LogP contribution in [0.4, 0.5) is 0 Å². The van der Waals surface area contributed by atoms with Gasteiger partial charge in [-0.3, -0.25) is 14.4 Å². The van der Waals surface area contributed by atoms with E-state index in [0.717, 1.165) is 47.9 Å². The summed E-state index contributed by atoms with van der Waals surface area (Å²) >= 11 is 0. The lowest BCUT2D eigenvalue weighted by atomic mass is 9.43. The van der Waals surface area contributed by atoms with Gasteiger partial charge in [-0.25, -0.2) is 0 Å². The molecule has 0 amide bonds. The van der Waals surface area contributed by atoms with Crippen LogP contribution in [0, 0.1) is 57.7 Å². The number of nitriles is 1. The van der Waals surface area contributed by atoms with E-state index in [-0.39, 0.29) is 46.0 Å². The van der Waals surface area contributed by atoms with Crippen molar-refractivity contribution in [1.29, 1.82) is 5.26 Å². The fourth-order valence-electron chi connectivity index (χ4n) is 13.1. The number of hydrogen-bond donors (Lipinski definition) is 2. The number of phenolic OH excluding ortho intramolecular Hbond substituents is 1. The van der Waals surface area contributed by atoms with Crippen molar-refractivity contribution in [2.75, 3.05) is 14.2 Å². The van der Waals surface area contributed by atoms with Crippen molar-refractivity contribution in [1.82, 2.24) is 0 Å². The first-order valence-electron chi connectivity index (χ1n) is 25.9. The van der Waals surface area contributed by atoms with Crippen LogP contribution in [0.3, 0.4) is 0 Å². The fourth-order valence-corrected chi connectivity index (χ4v) is 13.1. The van der Waals surface area contributed by atoms with Crippen LogP contribution < -0.4 is 0 Å². The Balaban J connectivity index is 0.000000212. The molecule has 4 aliphatic rings. The number of aliphatic hydroxyl groups excluding tert-OH is 1. The number of allylic oxidation sites excluding steroid dienone is 1. The Morgan fingerprint density at radius 3 is 1.90 bits per heavy atom. The predicted octanol–water partition coefficient (Wildman–Crippen LogP) is 13.6. The van der Waals surface area contributed by atoms with Crippen LogP contribution in [0.25, 0.3) is 17.4 Å². The van der Waals surface area contributed by atoms with Crippen LogP contribution in [0.15, 0.2) is 115 Å². The average Bonchev–Trinajstić information content (AvgIpc) is 3.76. The summed E-state index contributed by atoms with van der Waals surface area (Å²) in [7, 11) is 3.32. The van der Waals surface area contributed by atoms with Crippen LogP contribution in [0.5, 0.6) is 5.75 Å². The molecule has 73 heavy (non-hydrogen) atoms. The zero-order chi connectivity index (χ0) is 53.5. The molecule has 8 rings (SSSR count). The van der Waals surface area contributed by atoms with Gasteiger partial charge < -0.3 is 29.2 Å². The number of benzene rings is 4. The maximum Gasteiger partial charge on any atom is 0.305 e. The van der Waals surface area contributed by atoms with Crippen molar-refractivity contribution >= 4 is 42.4 Å². The summed E-state index contributed by atoms with van der Waals surface area (Å²) in [6, 6.07) is 35.5. The monoisotopic (exact) mass is 994 g/mol. The van der Waals surface area contributed by atoms with E-state index in [9.17, 15) is 24.6 Å². The molecule has 0 aliphatic heterocycles. The maximum atomic E-state index is 12.2. The summed E-state index contributed by atoms with van der Waals surface area (Å²) in [4.78, 5) is 43.0. The third-order valence-corrected chi connectivity index (χ3v) is 16.9. The van der Waals surface area contributed by atoms with Crippen LogP contribution in [-0.2, 0) is 38.8 Å². The molecular formula is C63H79NO9. The lowest BCUT2D eigenvalue weighted by Gasteiger charge is -2.63. The van der Waals surface area contributed by atoms with E-state index in [1.807, 2.05) is 105 Å². The molecule has 0 saturated heterocycles. The molecule has 0 spiro atoms. The van der Waals surface area contributed by atoms with E-state index in [1.54, 1.807) is 37.3 Å². The molecule has 0 bridgehead atoms. The summed E-state index contributed by atoms with van der Waals surface area (Å²) in [5, 5.41) is 28.4. The van der Waals surface area contributed by atoms with E-state index < -0.39 is 0 Å². The molecule has 10 atom stereocenters. The molecule has 10 unspecified atom stereocenters. The van der Waals surface area contributed by atoms with Crippen LogP contribution in [0.1, 0.15) is 140 Å². The average molecular weight is 994 g/mol. The fraction of sp³-hybridized carbons (Fsp3) is 0.476. The van der Waals surface area contributed by atoms with Crippen LogP contribution in [-0.4, -0.2) is 61.7 Å². The van der Waals surface area contributed by atoms with E-state index in [1.165, 1.54) is 44.8 Å². The Bertz CT molecular complexity index is 2480. The van der Waals surface area contributed by atoms with Crippen molar-refractivity contribution in [3.8, 4) is 11.8 Å². The standard InChI is InChI=1S/C28H46O5.C18H20O2.C16H11NO.CH2O/c1-17(7-10-25(30)32-6)21-8-9-22-26-23(12-14-28(21,22)4)27(3)13-11-20(31-5)15-19(27)16-24(26)33-18(2)29;1-18(2,3)15-8-6-14(7-9-15)17(20)12-13-4-10-16(19)11-5-13;17-11-15(12-18)16(13-7-3-1-4-8-13)14-9-5-2-6-10-14;1-2/h17,19-24,26H,7-16H2,1-6H3;4-12,19-20H,1-3H3;1-10,12H;1H2. The molecule has 10 nitrogen and oxygen atoms in total. The first-order chi connectivity index (χ1) is 34.9. The summed E-state index contributed by atoms with van der Waals surface area (Å²) in [5.41, 5.74) is 6.12. The van der Waals surface area contributed by atoms with Gasteiger partial charge >= 0.3 is 11.9 Å². The third kappa shape index (κ3) is 14.1. The van der Waals surface area contributed by atoms with Gasteiger partial charge in [0.05, 0.1) is 13.2 Å². The second-order valence-corrected chi connectivity index (χ2v) is 22.0. The van der Waals surface area contributed by atoms with Crippen LogP contribution >= 0.6 is 0 Å². The molecule has 4 saturated carbocycles. The first kappa shape index (κ1) is 57.6. The maximum absolute atomic E-state index is 12.2. The van der Waals surface area contributed by atoms with Crippen LogP contribution in [0.2, 0.25) is 0 Å². The number of phenols is 1. The number of rotatable bonds is 11. The number of nitrogens with zero attached hydrogens (tertiary/aromatic N) is 1. The lowest BCUT2D eigenvalue weighted by Crippen LogP contribution is -2.59. The molecule has 0 radical (unpaired) electrons.